The van der Waals surface area contributed by atoms with E-state index >= 15 is 0 Å². The van der Waals surface area contributed by atoms with Crippen LogP contribution in [-0.4, -0.2) is 10.7 Å². The van der Waals surface area contributed by atoms with Gasteiger partial charge in [0.25, 0.3) is 0 Å². The molecule has 0 amide bonds. The summed E-state index contributed by atoms with van der Waals surface area (Å²) in [4.78, 5) is 4.72. The number of hydrogen-bond acceptors (Lipinski definition) is 3. The molecule has 94 valence electrons. The summed E-state index contributed by atoms with van der Waals surface area (Å²) in [5.41, 5.74) is 6.45. The SMILES string of the molecule is NC(CSc1cccc(Cl)c1)c1ccncc1F. The minimum Gasteiger partial charge on any atom is -0.323 e. The zero-order valence-electron chi connectivity index (χ0n) is 9.51. The zero-order chi connectivity index (χ0) is 13.0. The molecule has 0 fully saturated rings. The van der Waals surface area contributed by atoms with Gasteiger partial charge in [0.05, 0.1) is 6.20 Å². The Kier molecular flexibility index (Phi) is 4.58. The second-order valence-electron chi connectivity index (χ2n) is 3.77. The maximum absolute atomic E-state index is 13.5. The van der Waals surface area contributed by atoms with Gasteiger partial charge >= 0.3 is 0 Å². The Hall–Kier alpha value is -1.10. The third-order valence-corrected chi connectivity index (χ3v) is 3.78. The molecule has 1 heterocycles. The van der Waals surface area contributed by atoms with Crippen LogP contribution in [0.25, 0.3) is 0 Å². The summed E-state index contributed by atoms with van der Waals surface area (Å²) in [6.45, 7) is 0. The van der Waals surface area contributed by atoms with Gasteiger partial charge in [0.15, 0.2) is 0 Å². The number of rotatable bonds is 4. The smallest absolute Gasteiger partial charge is 0.146 e. The molecule has 2 N–H and O–H groups in total. The van der Waals surface area contributed by atoms with Crippen LogP contribution in [0.15, 0.2) is 47.6 Å². The van der Waals surface area contributed by atoms with Crippen molar-refractivity contribution >= 4 is 23.4 Å². The van der Waals surface area contributed by atoms with Crippen LogP contribution >= 0.6 is 23.4 Å². The van der Waals surface area contributed by atoms with Crippen LogP contribution in [0, 0.1) is 5.82 Å². The molecule has 0 aliphatic carbocycles. The van der Waals surface area contributed by atoms with Crippen molar-refractivity contribution in [1.82, 2.24) is 4.98 Å². The largest absolute Gasteiger partial charge is 0.323 e. The first kappa shape index (κ1) is 13.3. The van der Waals surface area contributed by atoms with Crippen LogP contribution in [0.3, 0.4) is 0 Å². The standard InChI is InChI=1S/C13H12ClFN2S/c14-9-2-1-3-10(6-9)18-8-13(16)11-4-5-17-7-12(11)15/h1-7,13H,8,16H2. The van der Waals surface area contributed by atoms with Crippen LogP contribution in [0.5, 0.6) is 0 Å². The van der Waals surface area contributed by atoms with Gasteiger partial charge in [-0.15, -0.1) is 11.8 Å². The lowest BCUT2D eigenvalue weighted by atomic mass is 10.1. The number of nitrogens with zero attached hydrogens (tertiary/aromatic N) is 1. The Morgan fingerprint density at radius 2 is 2.22 bits per heavy atom. The van der Waals surface area contributed by atoms with E-state index in [9.17, 15) is 4.39 Å². The van der Waals surface area contributed by atoms with Gasteiger partial charge in [0.2, 0.25) is 0 Å². The minimum atomic E-state index is -0.364. The van der Waals surface area contributed by atoms with E-state index in [2.05, 4.69) is 4.98 Å². The molecule has 1 atom stereocenters. The van der Waals surface area contributed by atoms with Crippen molar-refractivity contribution in [2.24, 2.45) is 5.73 Å². The Morgan fingerprint density at radius 3 is 2.94 bits per heavy atom. The van der Waals surface area contributed by atoms with E-state index in [0.29, 0.717) is 16.3 Å². The molecule has 2 nitrogen and oxygen atoms in total. The third-order valence-electron chi connectivity index (χ3n) is 2.43. The molecule has 2 aromatic rings. The van der Waals surface area contributed by atoms with Crippen LogP contribution < -0.4 is 5.73 Å². The van der Waals surface area contributed by atoms with Crippen molar-refractivity contribution in [2.75, 3.05) is 5.75 Å². The maximum Gasteiger partial charge on any atom is 0.146 e. The van der Waals surface area contributed by atoms with Gasteiger partial charge in [-0.25, -0.2) is 4.39 Å². The van der Waals surface area contributed by atoms with E-state index in [0.717, 1.165) is 4.90 Å². The highest BCUT2D eigenvalue weighted by Gasteiger charge is 2.11. The molecule has 0 aliphatic heterocycles. The highest BCUT2D eigenvalue weighted by atomic mass is 35.5. The van der Waals surface area contributed by atoms with Crippen molar-refractivity contribution in [2.45, 2.75) is 10.9 Å². The Labute approximate surface area is 114 Å². The number of thioether (sulfide) groups is 1. The predicted molar refractivity (Wildman–Crippen MR) is 73.3 cm³/mol. The van der Waals surface area contributed by atoms with Gasteiger partial charge in [0.1, 0.15) is 5.82 Å². The molecule has 18 heavy (non-hydrogen) atoms. The van der Waals surface area contributed by atoms with Crippen LogP contribution in [0.2, 0.25) is 5.02 Å². The van der Waals surface area contributed by atoms with Gasteiger partial charge in [0, 0.05) is 33.5 Å². The summed E-state index contributed by atoms with van der Waals surface area (Å²) in [6.07, 6.45) is 2.72. The monoisotopic (exact) mass is 282 g/mol. The van der Waals surface area contributed by atoms with E-state index < -0.39 is 0 Å². The molecular weight excluding hydrogens is 271 g/mol. The van der Waals surface area contributed by atoms with Crippen LogP contribution in [0.1, 0.15) is 11.6 Å². The molecule has 1 unspecified atom stereocenters. The predicted octanol–water partition coefficient (Wildman–Crippen LogP) is 3.67. The molecular formula is C13H12ClFN2S. The van der Waals surface area contributed by atoms with Gasteiger partial charge in [-0.3, -0.25) is 4.98 Å². The van der Waals surface area contributed by atoms with Crippen molar-refractivity contribution in [1.29, 1.82) is 0 Å². The summed E-state index contributed by atoms with van der Waals surface area (Å²) in [6, 6.07) is 8.75. The van der Waals surface area contributed by atoms with Crippen molar-refractivity contribution in [3.8, 4) is 0 Å². The fourth-order valence-electron chi connectivity index (χ4n) is 1.52. The summed E-state index contributed by atoms with van der Waals surface area (Å²) in [5.74, 6) is 0.220. The highest BCUT2D eigenvalue weighted by molar-refractivity contribution is 7.99. The van der Waals surface area contributed by atoms with E-state index in [4.69, 9.17) is 17.3 Å². The molecule has 1 aromatic carbocycles. The van der Waals surface area contributed by atoms with Crippen molar-refractivity contribution < 1.29 is 4.39 Å². The topological polar surface area (TPSA) is 38.9 Å². The van der Waals surface area contributed by atoms with E-state index in [1.54, 1.807) is 24.0 Å². The summed E-state index contributed by atoms with van der Waals surface area (Å²) in [7, 11) is 0. The highest BCUT2D eigenvalue weighted by Crippen LogP contribution is 2.26. The summed E-state index contributed by atoms with van der Waals surface area (Å²) in [5, 5.41) is 0.684. The van der Waals surface area contributed by atoms with Gasteiger partial charge < -0.3 is 5.73 Å². The fraction of sp³-hybridized carbons (Fsp3) is 0.154. The molecule has 0 saturated heterocycles. The number of halogens is 2. The molecule has 0 spiro atoms. The lowest BCUT2D eigenvalue weighted by Gasteiger charge is -2.12. The van der Waals surface area contributed by atoms with E-state index in [1.807, 2.05) is 24.3 Å². The average Bonchev–Trinajstić information content (AvgIpc) is 2.37. The summed E-state index contributed by atoms with van der Waals surface area (Å²) < 4.78 is 13.5. The lowest BCUT2D eigenvalue weighted by Crippen LogP contribution is -2.14. The molecule has 1 aromatic heterocycles. The van der Waals surface area contributed by atoms with Gasteiger partial charge in [-0.05, 0) is 24.3 Å². The second kappa shape index (κ2) is 6.18. The first-order valence-corrected chi connectivity index (χ1v) is 6.76. The average molecular weight is 283 g/mol. The first-order chi connectivity index (χ1) is 8.66. The Bertz CT molecular complexity index is 536. The van der Waals surface area contributed by atoms with Crippen molar-refractivity contribution in [3.63, 3.8) is 0 Å². The molecule has 0 aliphatic rings. The second-order valence-corrected chi connectivity index (χ2v) is 5.30. The fourth-order valence-corrected chi connectivity index (χ4v) is 2.71. The Balaban J connectivity index is 2.00. The van der Waals surface area contributed by atoms with Gasteiger partial charge in [-0.2, -0.15) is 0 Å². The lowest BCUT2D eigenvalue weighted by molar-refractivity contribution is 0.589. The van der Waals surface area contributed by atoms with Gasteiger partial charge in [-0.1, -0.05) is 17.7 Å². The normalized spacial score (nSPS) is 12.4. The van der Waals surface area contributed by atoms with E-state index in [1.165, 1.54) is 6.20 Å². The maximum atomic E-state index is 13.5. The first-order valence-electron chi connectivity index (χ1n) is 5.40. The summed E-state index contributed by atoms with van der Waals surface area (Å²) >= 11 is 7.44. The number of nitrogens with two attached hydrogens (primary N) is 1. The Morgan fingerprint density at radius 1 is 1.39 bits per heavy atom. The van der Waals surface area contributed by atoms with Crippen LogP contribution in [0.4, 0.5) is 4.39 Å². The zero-order valence-corrected chi connectivity index (χ0v) is 11.1. The molecule has 0 radical (unpaired) electrons. The molecule has 5 heteroatoms. The van der Waals surface area contributed by atoms with Crippen molar-refractivity contribution in [3.05, 3.63) is 59.1 Å². The third kappa shape index (κ3) is 3.45. The number of aromatic nitrogens is 1. The number of hydrogen-bond donors (Lipinski definition) is 1. The molecule has 0 saturated carbocycles. The molecule has 0 bridgehead atoms. The van der Waals surface area contributed by atoms with E-state index in [-0.39, 0.29) is 11.9 Å². The number of benzene rings is 1. The molecule has 2 rings (SSSR count). The quantitative estimate of drug-likeness (QED) is 0.870. The minimum absolute atomic E-state index is 0.364. The van der Waals surface area contributed by atoms with Crippen LogP contribution in [-0.2, 0) is 0 Å². The number of pyridine rings is 1.